The van der Waals surface area contributed by atoms with Crippen LogP contribution in [0.25, 0.3) is 33.4 Å². The van der Waals surface area contributed by atoms with Crippen LogP contribution in [0.4, 0.5) is 11.4 Å². The van der Waals surface area contributed by atoms with E-state index < -0.39 is 12.2 Å². The molecule has 0 radical (unpaired) electrons. The summed E-state index contributed by atoms with van der Waals surface area (Å²) in [7, 11) is 0. The van der Waals surface area contributed by atoms with Crippen molar-refractivity contribution in [2.45, 2.75) is 51.4 Å². The normalized spacial score (nSPS) is 19.6. The van der Waals surface area contributed by atoms with Gasteiger partial charge >= 0.3 is 0 Å². The van der Waals surface area contributed by atoms with Crippen LogP contribution >= 0.6 is 23.2 Å². The Bertz CT molecular complexity index is 1970. The fourth-order valence-corrected chi connectivity index (χ4v) is 7.92. The summed E-state index contributed by atoms with van der Waals surface area (Å²) in [6.45, 7) is 5.33. The molecule has 1 saturated heterocycles. The van der Waals surface area contributed by atoms with Gasteiger partial charge in [-0.2, -0.15) is 0 Å². The van der Waals surface area contributed by atoms with E-state index in [2.05, 4.69) is 5.32 Å². The first-order valence-electron chi connectivity index (χ1n) is 17.4. The summed E-state index contributed by atoms with van der Waals surface area (Å²) in [4.78, 5) is 29.2. The van der Waals surface area contributed by atoms with Crippen molar-refractivity contribution in [1.29, 1.82) is 0 Å². The molecule has 0 bridgehead atoms. The number of benzene rings is 4. The highest BCUT2D eigenvalue weighted by Gasteiger charge is 2.32. The number of carbonyl (C=O) groups excluding carboxylic acids is 2. The minimum absolute atomic E-state index is 0.00826. The topological polar surface area (TPSA) is 112 Å². The van der Waals surface area contributed by atoms with Crippen LogP contribution in [0.1, 0.15) is 33.1 Å². The number of rotatable bonds is 10. The molecule has 3 aliphatic heterocycles. The first-order valence-corrected chi connectivity index (χ1v) is 18.2. The van der Waals surface area contributed by atoms with Gasteiger partial charge in [0, 0.05) is 47.9 Å². The van der Waals surface area contributed by atoms with E-state index in [4.69, 9.17) is 32.7 Å². The Morgan fingerprint density at radius 1 is 0.824 bits per heavy atom. The Hall–Kier alpha value is -4.12. The molecule has 9 nitrogen and oxygen atoms in total. The highest BCUT2D eigenvalue weighted by atomic mass is 35.5. The zero-order valence-electron chi connectivity index (χ0n) is 28.6. The molecule has 266 valence electrons. The number of anilines is 2. The number of nitrogens with one attached hydrogen (secondary N) is 1. The molecule has 4 aromatic carbocycles. The van der Waals surface area contributed by atoms with E-state index in [1.807, 2.05) is 86.6 Å². The summed E-state index contributed by atoms with van der Waals surface area (Å²) < 4.78 is 11.8. The highest BCUT2D eigenvalue weighted by Crippen LogP contribution is 2.45. The predicted octanol–water partition coefficient (Wildman–Crippen LogP) is 6.97. The smallest absolute Gasteiger partial charge is 0.265 e. The Morgan fingerprint density at radius 3 is 1.88 bits per heavy atom. The second-order valence-corrected chi connectivity index (χ2v) is 14.4. The van der Waals surface area contributed by atoms with Crippen molar-refractivity contribution < 1.29 is 29.3 Å². The number of hydrogen-bond donors (Lipinski definition) is 3. The van der Waals surface area contributed by atoms with Gasteiger partial charge in [-0.1, -0.05) is 85.6 Å². The van der Waals surface area contributed by atoms with Gasteiger partial charge in [-0.15, -0.1) is 0 Å². The quantitative estimate of drug-likeness (QED) is 0.162. The van der Waals surface area contributed by atoms with Gasteiger partial charge in [-0.25, -0.2) is 0 Å². The van der Waals surface area contributed by atoms with Gasteiger partial charge in [-0.3, -0.25) is 9.59 Å². The third-order valence-corrected chi connectivity index (χ3v) is 10.8. The molecule has 51 heavy (non-hydrogen) atoms. The van der Waals surface area contributed by atoms with Crippen LogP contribution in [-0.2, 0) is 9.59 Å². The van der Waals surface area contributed by atoms with E-state index in [-0.39, 0.29) is 37.0 Å². The molecule has 0 unspecified atom stereocenters. The average Bonchev–Trinajstić information content (AvgIpc) is 3.54. The third kappa shape index (κ3) is 7.19. The number of carbonyl (C=O) groups is 2. The number of β-amino-alcohol motifs (C(OH)–C–C–N with tert-alkyl or cyclic N) is 1. The molecule has 1 fully saturated rings. The molecule has 0 saturated carbocycles. The molecule has 0 spiro atoms. The van der Waals surface area contributed by atoms with Gasteiger partial charge in [0.1, 0.15) is 11.5 Å². The van der Waals surface area contributed by atoms with Crippen molar-refractivity contribution in [3.63, 3.8) is 0 Å². The SMILES string of the molecule is CC[C@H](O)C[C@H](C)CN1C(=O)COc2cc(-c3cccc(-c4cccc(-c5ccc6c(c5)OCC(=O)N6C[C@@H]5C[C@@H](O)CN5)c4Cl)c3Cl)ccc21. The third-order valence-electron chi connectivity index (χ3n) is 9.96. The Morgan fingerprint density at radius 2 is 1.35 bits per heavy atom. The first kappa shape index (κ1) is 35.3. The number of aliphatic hydroxyl groups is 2. The largest absolute Gasteiger partial charge is 0.482 e. The zero-order chi connectivity index (χ0) is 35.8. The van der Waals surface area contributed by atoms with Crippen molar-refractivity contribution in [3.8, 4) is 44.9 Å². The maximum absolute atomic E-state index is 12.9. The predicted molar refractivity (Wildman–Crippen MR) is 201 cm³/mol. The second kappa shape index (κ2) is 14.9. The molecule has 2 amide bonds. The van der Waals surface area contributed by atoms with Crippen LogP contribution in [0.15, 0.2) is 72.8 Å². The van der Waals surface area contributed by atoms with Crippen LogP contribution in [0, 0.1) is 5.92 Å². The maximum atomic E-state index is 12.9. The van der Waals surface area contributed by atoms with Crippen molar-refractivity contribution in [2.24, 2.45) is 5.92 Å². The standard InChI is InChI=1S/C40H41Cl2N3O6/c1-3-27(46)14-23(2)19-44-33-12-10-24(15-35(33)50-21-37(44)48)29-6-4-8-31(39(29)41)32-9-5-7-30(40(32)42)25-11-13-34-36(16-25)51-22-38(49)45(34)20-26-17-28(47)18-43-26/h4-13,15-16,23,26-28,43,46-47H,3,14,17-22H2,1-2H3/t23-,26-,27-,28+/m0/s1. The van der Waals surface area contributed by atoms with Gasteiger partial charge in [0.05, 0.1) is 33.6 Å². The number of fused-ring (bicyclic) bond motifs is 2. The lowest BCUT2D eigenvalue weighted by atomic mass is 9.95. The van der Waals surface area contributed by atoms with E-state index in [0.717, 1.165) is 33.4 Å². The summed E-state index contributed by atoms with van der Waals surface area (Å²) in [5.41, 5.74) is 6.17. The zero-order valence-corrected chi connectivity index (χ0v) is 30.1. The van der Waals surface area contributed by atoms with E-state index in [1.54, 1.807) is 9.80 Å². The molecule has 3 heterocycles. The molecule has 11 heteroatoms. The number of aliphatic hydroxyl groups excluding tert-OH is 2. The number of amides is 2. The van der Waals surface area contributed by atoms with Gasteiger partial charge in [-0.05, 0) is 60.6 Å². The Balaban J connectivity index is 1.16. The molecule has 7 rings (SSSR count). The van der Waals surface area contributed by atoms with Crippen molar-refractivity contribution in [3.05, 3.63) is 82.8 Å². The fraction of sp³-hybridized carbons (Fsp3) is 0.350. The van der Waals surface area contributed by atoms with E-state index in [1.165, 1.54) is 0 Å². The van der Waals surface area contributed by atoms with Gasteiger partial charge in [0.15, 0.2) is 13.2 Å². The average molecular weight is 731 g/mol. The lowest BCUT2D eigenvalue weighted by Gasteiger charge is -2.32. The summed E-state index contributed by atoms with van der Waals surface area (Å²) in [6.07, 6.45) is 1.08. The molecule has 3 N–H and O–H groups in total. The number of hydrogen-bond acceptors (Lipinski definition) is 7. The minimum atomic E-state index is -0.410. The van der Waals surface area contributed by atoms with Crippen LogP contribution in [0.5, 0.6) is 11.5 Å². The van der Waals surface area contributed by atoms with E-state index in [9.17, 15) is 19.8 Å². The molecule has 4 atom stereocenters. The van der Waals surface area contributed by atoms with Crippen molar-refractivity contribution in [1.82, 2.24) is 5.32 Å². The molecular formula is C40H41Cl2N3O6. The van der Waals surface area contributed by atoms with E-state index >= 15 is 0 Å². The van der Waals surface area contributed by atoms with Crippen LogP contribution in [0.3, 0.4) is 0 Å². The minimum Gasteiger partial charge on any atom is -0.482 e. The maximum Gasteiger partial charge on any atom is 0.265 e. The van der Waals surface area contributed by atoms with Crippen LogP contribution in [-0.4, -0.2) is 73.1 Å². The lowest BCUT2D eigenvalue weighted by molar-refractivity contribution is -0.122. The summed E-state index contributed by atoms with van der Waals surface area (Å²) >= 11 is 14.3. The lowest BCUT2D eigenvalue weighted by Crippen LogP contribution is -2.45. The summed E-state index contributed by atoms with van der Waals surface area (Å²) in [6, 6.07) is 23.1. The second-order valence-electron chi connectivity index (χ2n) is 13.7. The number of nitrogens with zero attached hydrogens (tertiary/aromatic N) is 2. The molecular weight excluding hydrogens is 689 g/mol. The summed E-state index contributed by atoms with van der Waals surface area (Å²) in [5, 5.41) is 24.4. The van der Waals surface area contributed by atoms with Gasteiger partial charge in [0.25, 0.3) is 11.8 Å². The van der Waals surface area contributed by atoms with E-state index in [0.29, 0.717) is 71.8 Å². The van der Waals surface area contributed by atoms with Crippen LogP contribution in [0.2, 0.25) is 10.0 Å². The first-order chi connectivity index (χ1) is 24.6. The number of ether oxygens (including phenoxy) is 2. The summed E-state index contributed by atoms with van der Waals surface area (Å²) in [5.74, 6) is 1.07. The van der Waals surface area contributed by atoms with Crippen LogP contribution < -0.4 is 24.6 Å². The molecule has 0 aliphatic carbocycles. The Labute approximate surface area is 307 Å². The highest BCUT2D eigenvalue weighted by molar-refractivity contribution is 6.39. The molecule has 3 aliphatic rings. The monoisotopic (exact) mass is 729 g/mol. The fourth-order valence-electron chi connectivity index (χ4n) is 7.24. The Kier molecular flexibility index (Phi) is 10.3. The van der Waals surface area contributed by atoms with Gasteiger partial charge in [0.2, 0.25) is 0 Å². The van der Waals surface area contributed by atoms with Crippen molar-refractivity contribution >= 4 is 46.4 Å². The van der Waals surface area contributed by atoms with Crippen molar-refractivity contribution in [2.75, 3.05) is 42.6 Å². The molecule has 0 aromatic heterocycles. The number of halogens is 2. The molecule has 4 aromatic rings. The van der Waals surface area contributed by atoms with Gasteiger partial charge < -0.3 is 34.8 Å².